The molecule has 0 radical (unpaired) electrons. The van der Waals surface area contributed by atoms with E-state index in [4.69, 9.17) is 0 Å². The summed E-state index contributed by atoms with van der Waals surface area (Å²) in [6, 6.07) is 8.39. The molecule has 0 bridgehead atoms. The summed E-state index contributed by atoms with van der Waals surface area (Å²) in [5.74, 6) is 0.890. The third-order valence-electron chi connectivity index (χ3n) is 3.90. The molecule has 0 fully saturated rings. The van der Waals surface area contributed by atoms with Crippen LogP contribution in [-0.4, -0.2) is 16.1 Å². The van der Waals surface area contributed by atoms with Gasteiger partial charge in [-0.1, -0.05) is 18.2 Å². The Morgan fingerprint density at radius 2 is 2.20 bits per heavy atom. The SMILES string of the molecule is Cc1c([C@H]2CC(=O)Nc3[nH]ncc32)sc2ccccc12. The topological polar surface area (TPSA) is 57.8 Å². The minimum Gasteiger partial charge on any atom is -0.311 e. The highest BCUT2D eigenvalue weighted by molar-refractivity contribution is 7.19. The summed E-state index contributed by atoms with van der Waals surface area (Å²) >= 11 is 1.78. The second kappa shape index (κ2) is 4.18. The standard InChI is InChI=1S/C15H13N3OS/c1-8-9-4-2-3-5-12(9)20-14(8)10-6-13(19)17-15-11(10)7-16-18-15/h2-5,7,10H,6H2,1H3,(H2,16,17,18,19)/t10-/m0/s1. The van der Waals surface area contributed by atoms with E-state index in [1.54, 1.807) is 11.3 Å². The number of hydrogen-bond acceptors (Lipinski definition) is 3. The monoisotopic (exact) mass is 283 g/mol. The number of benzene rings is 1. The first-order valence-corrected chi connectivity index (χ1v) is 7.37. The number of thiophene rings is 1. The van der Waals surface area contributed by atoms with Crippen LogP contribution in [0.3, 0.4) is 0 Å². The average Bonchev–Trinajstić information content (AvgIpc) is 3.03. The Kier molecular flexibility index (Phi) is 2.44. The van der Waals surface area contributed by atoms with Crippen molar-refractivity contribution in [2.75, 3.05) is 5.32 Å². The van der Waals surface area contributed by atoms with Crippen molar-refractivity contribution in [3.63, 3.8) is 0 Å². The van der Waals surface area contributed by atoms with Gasteiger partial charge in [0.2, 0.25) is 5.91 Å². The lowest BCUT2D eigenvalue weighted by Gasteiger charge is -2.21. The number of nitrogens with zero attached hydrogens (tertiary/aromatic N) is 1. The molecule has 1 amide bonds. The van der Waals surface area contributed by atoms with E-state index >= 15 is 0 Å². The lowest BCUT2D eigenvalue weighted by atomic mass is 9.90. The molecule has 2 aromatic heterocycles. The first-order valence-electron chi connectivity index (χ1n) is 6.55. The van der Waals surface area contributed by atoms with Gasteiger partial charge in [-0.2, -0.15) is 5.10 Å². The number of amides is 1. The fourth-order valence-corrected chi connectivity index (χ4v) is 4.24. The second-order valence-electron chi connectivity index (χ2n) is 5.09. The van der Waals surface area contributed by atoms with Crippen molar-refractivity contribution in [2.24, 2.45) is 0 Å². The molecule has 1 aliphatic rings. The van der Waals surface area contributed by atoms with Gasteiger partial charge in [0.25, 0.3) is 0 Å². The molecule has 0 aliphatic carbocycles. The van der Waals surface area contributed by atoms with Gasteiger partial charge in [-0.25, -0.2) is 0 Å². The van der Waals surface area contributed by atoms with Crippen LogP contribution >= 0.6 is 11.3 Å². The van der Waals surface area contributed by atoms with Crippen molar-refractivity contribution < 1.29 is 4.79 Å². The Labute approximate surface area is 119 Å². The van der Waals surface area contributed by atoms with Crippen molar-refractivity contribution >= 4 is 33.1 Å². The molecule has 100 valence electrons. The van der Waals surface area contributed by atoms with Crippen molar-refractivity contribution in [1.82, 2.24) is 10.2 Å². The highest BCUT2D eigenvalue weighted by Gasteiger charge is 2.30. The Balaban J connectivity index is 1.92. The fourth-order valence-electron chi connectivity index (χ4n) is 2.91. The third kappa shape index (κ3) is 1.59. The minimum atomic E-state index is 0.0450. The highest BCUT2D eigenvalue weighted by Crippen LogP contribution is 2.43. The minimum absolute atomic E-state index is 0.0450. The molecule has 20 heavy (non-hydrogen) atoms. The van der Waals surface area contributed by atoms with E-state index < -0.39 is 0 Å². The summed E-state index contributed by atoms with van der Waals surface area (Å²) < 4.78 is 1.27. The van der Waals surface area contributed by atoms with E-state index in [9.17, 15) is 4.79 Å². The smallest absolute Gasteiger partial charge is 0.226 e. The zero-order valence-corrected chi connectivity index (χ0v) is 11.8. The van der Waals surface area contributed by atoms with E-state index in [0.717, 1.165) is 11.4 Å². The molecule has 0 saturated carbocycles. The number of anilines is 1. The summed E-state index contributed by atoms with van der Waals surface area (Å²) in [4.78, 5) is 13.1. The van der Waals surface area contributed by atoms with Gasteiger partial charge in [0.05, 0.1) is 6.20 Å². The number of fused-ring (bicyclic) bond motifs is 2. The maximum Gasteiger partial charge on any atom is 0.226 e. The zero-order valence-electron chi connectivity index (χ0n) is 10.9. The first-order chi connectivity index (χ1) is 9.74. The molecule has 1 aliphatic heterocycles. The van der Waals surface area contributed by atoms with Gasteiger partial charge < -0.3 is 5.32 Å². The van der Waals surface area contributed by atoms with Crippen molar-refractivity contribution in [2.45, 2.75) is 19.3 Å². The van der Waals surface area contributed by atoms with Crippen molar-refractivity contribution in [3.05, 3.63) is 46.5 Å². The fraction of sp³-hybridized carbons (Fsp3) is 0.200. The molecular formula is C15H13N3OS. The van der Waals surface area contributed by atoms with Crippen LogP contribution in [0.5, 0.6) is 0 Å². The van der Waals surface area contributed by atoms with Gasteiger partial charge in [0, 0.05) is 27.5 Å². The van der Waals surface area contributed by atoms with Crippen LogP contribution in [0.1, 0.15) is 28.3 Å². The lowest BCUT2D eigenvalue weighted by molar-refractivity contribution is -0.116. The van der Waals surface area contributed by atoms with E-state index in [1.807, 2.05) is 6.20 Å². The number of rotatable bonds is 1. The Morgan fingerprint density at radius 1 is 1.35 bits per heavy atom. The summed E-state index contributed by atoms with van der Waals surface area (Å²) in [5.41, 5.74) is 2.36. The highest BCUT2D eigenvalue weighted by atomic mass is 32.1. The predicted octanol–water partition coefficient (Wildman–Crippen LogP) is 3.41. The van der Waals surface area contributed by atoms with Gasteiger partial charge in [-0.15, -0.1) is 11.3 Å². The Bertz CT molecular complexity index is 818. The molecule has 3 heterocycles. The second-order valence-corrected chi connectivity index (χ2v) is 6.18. The molecule has 4 rings (SSSR count). The molecule has 1 atom stereocenters. The van der Waals surface area contributed by atoms with Gasteiger partial charge in [0.15, 0.2) is 0 Å². The molecule has 0 unspecified atom stereocenters. The van der Waals surface area contributed by atoms with Crippen LogP contribution in [0.25, 0.3) is 10.1 Å². The molecule has 0 saturated heterocycles. The van der Waals surface area contributed by atoms with Gasteiger partial charge >= 0.3 is 0 Å². The molecule has 1 aromatic carbocycles. The molecule has 0 spiro atoms. The molecule has 2 N–H and O–H groups in total. The number of hydrogen-bond donors (Lipinski definition) is 2. The number of aryl methyl sites for hydroxylation is 1. The van der Waals surface area contributed by atoms with Gasteiger partial charge in [0.1, 0.15) is 5.82 Å². The first kappa shape index (κ1) is 11.7. The molecular weight excluding hydrogens is 270 g/mol. The largest absolute Gasteiger partial charge is 0.311 e. The van der Waals surface area contributed by atoms with Gasteiger partial charge in [-0.3, -0.25) is 9.89 Å². The van der Waals surface area contributed by atoms with Crippen LogP contribution < -0.4 is 5.32 Å². The maximum absolute atomic E-state index is 11.9. The van der Waals surface area contributed by atoms with Crippen LogP contribution in [0, 0.1) is 6.92 Å². The van der Waals surface area contributed by atoms with E-state index in [2.05, 4.69) is 46.7 Å². The molecule has 4 nitrogen and oxygen atoms in total. The summed E-state index contributed by atoms with van der Waals surface area (Å²) in [6.45, 7) is 2.14. The van der Waals surface area contributed by atoms with Gasteiger partial charge in [-0.05, 0) is 23.9 Å². The number of carbonyl (C=O) groups is 1. The lowest BCUT2D eigenvalue weighted by Crippen LogP contribution is -2.22. The van der Waals surface area contributed by atoms with Crippen LogP contribution in [0.4, 0.5) is 5.82 Å². The number of nitrogens with one attached hydrogen (secondary N) is 2. The Morgan fingerprint density at radius 3 is 3.05 bits per heavy atom. The van der Waals surface area contributed by atoms with Crippen molar-refractivity contribution in [1.29, 1.82) is 0 Å². The molecule has 5 heteroatoms. The van der Waals surface area contributed by atoms with Crippen LogP contribution in [0.15, 0.2) is 30.5 Å². The van der Waals surface area contributed by atoms with Crippen molar-refractivity contribution in [3.8, 4) is 0 Å². The predicted molar refractivity (Wildman–Crippen MR) is 80.2 cm³/mol. The zero-order chi connectivity index (χ0) is 13.7. The quantitative estimate of drug-likeness (QED) is 0.719. The summed E-state index contributed by atoms with van der Waals surface area (Å²) in [5, 5.41) is 11.0. The maximum atomic E-state index is 11.9. The summed E-state index contributed by atoms with van der Waals surface area (Å²) in [7, 11) is 0. The summed E-state index contributed by atoms with van der Waals surface area (Å²) in [6.07, 6.45) is 2.31. The normalized spacial score (nSPS) is 18.1. The number of aromatic amines is 1. The van der Waals surface area contributed by atoms with Crippen LogP contribution in [-0.2, 0) is 4.79 Å². The van der Waals surface area contributed by atoms with E-state index in [0.29, 0.717) is 6.42 Å². The number of aromatic nitrogens is 2. The molecule has 3 aromatic rings. The van der Waals surface area contributed by atoms with E-state index in [1.165, 1.54) is 20.5 Å². The van der Waals surface area contributed by atoms with Crippen LogP contribution in [0.2, 0.25) is 0 Å². The Hall–Kier alpha value is -2.14. The third-order valence-corrected chi connectivity index (χ3v) is 5.28. The number of carbonyl (C=O) groups excluding carboxylic acids is 1. The average molecular weight is 283 g/mol. The van der Waals surface area contributed by atoms with E-state index in [-0.39, 0.29) is 11.8 Å². The number of H-pyrrole nitrogens is 1.